The van der Waals surface area contributed by atoms with Crippen molar-refractivity contribution in [2.45, 2.75) is 185 Å². The van der Waals surface area contributed by atoms with E-state index in [9.17, 15) is 67.4 Å². The fraction of sp³-hybridized carbons (Fsp3) is 0.568. The Balaban J connectivity index is 1.27. The van der Waals surface area contributed by atoms with Gasteiger partial charge in [-0.05, 0) is 104 Å². The number of amides is 15. The van der Waals surface area contributed by atoms with Crippen molar-refractivity contribution < 1.29 is 86.6 Å². The Labute approximate surface area is 717 Å². The summed E-state index contributed by atoms with van der Waals surface area (Å²) in [6.45, 7) is 9.22. The maximum atomic E-state index is 15.3. The van der Waals surface area contributed by atoms with Crippen LogP contribution in [0.5, 0.6) is 0 Å². The molecular weight excluding hydrogens is 1620 g/mol. The number of thioether (sulfide) groups is 1. The second kappa shape index (κ2) is 48.5. The van der Waals surface area contributed by atoms with E-state index in [0.29, 0.717) is 24.2 Å². The fourth-order valence-electron chi connectivity index (χ4n) is 14.5. The van der Waals surface area contributed by atoms with E-state index in [4.69, 9.17) is 32.8 Å². The van der Waals surface area contributed by atoms with Crippen molar-refractivity contribution in [3.8, 4) is 11.1 Å². The average Bonchev–Trinajstić information content (AvgIpc) is 1.60. The largest absolute Gasteiger partial charge is 0.481 e. The molecular formula is C81H119N23O18S. The van der Waals surface area contributed by atoms with Gasteiger partial charge in [-0.15, -0.1) is 11.8 Å². The van der Waals surface area contributed by atoms with Crippen molar-refractivity contribution in [1.82, 2.24) is 93.7 Å². The number of nitrogens with zero attached hydrogens (tertiary/aromatic N) is 5. The number of hydrogen-bond donors (Lipinski definition) is 19. The highest BCUT2D eigenvalue weighted by Crippen LogP contribution is 2.25. The SMILES string of the molecule is CC(C)[C@@H]1NC(=O)[C@H](CCCNC(=N)N)NC(=O)[C@H](C(C)C)NC(=O)[C@@H]2CCCN2C(=O)[C@H](C(C)C)NC(=O)[C@H](CCCNC(=N)N)NC(=O)[C@H](CC(=O)O)NC(=O)[C@@H]2CCCN2C(=O)CN(C)C(=O)[C@H](Cc2ccc(-c3ccccc3)cc2)NC(=O)[C@H](Cc2ccncc2)NC(=O)[C@H](CN2CCOCC2)NC(=O)CSC[C@@H](C(=O)NCC(N)=O)NC1=O. The van der Waals surface area contributed by atoms with E-state index in [1.807, 2.05) is 47.4 Å². The summed E-state index contributed by atoms with van der Waals surface area (Å²) in [7, 11) is 1.30. The lowest BCUT2D eigenvalue weighted by atomic mass is 9.99. The number of ether oxygens (including phenoxy) is 1. The summed E-state index contributed by atoms with van der Waals surface area (Å²) in [5.74, 6) is -18.7. The van der Waals surface area contributed by atoms with Gasteiger partial charge in [-0.2, -0.15) is 0 Å². The van der Waals surface area contributed by atoms with Gasteiger partial charge in [0.05, 0.1) is 38.5 Å². The summed E-state index contributed by atoms with van der Waals surface area (Å²) in [4.78, 5) is 240. The topological polar surface area (TPSA) is 611 Å². The van der Waals surface area contributed by atoms with Crippen molar-refractivity contribution in [3.05, 3.63) is 90.3 Å². The van der Waals surface area contributed by atoms with Crippen LogP contribution in [0.25, 0.3) is 11.1 Å². The van der Waals surface area contributed by atoms with Crippen LogP contribution >= 0.6 is 11.8 Å². The molecule has 5 heterocycles. The number of nitrogens with two attached hydrogens (primary N) is 3. The van der Waals surface area contributed by atoms with E-state index < -0.39 is 222 Å². The van der Waals surface area contributed by atoms with Gasteiger partial charge in [0, 0.05) is 83.8 Å². The minimum absolute atomic E-state index is 0.00494. The third-order valence-electron chi connectivity index (χ3n) is 21.2. The second-order valence-corrected chi connectivity index (χ2v) is 32.8. The Morgan fingerprint density at radius 1 is 0.528 bits per heavy atom. The number of carboxylic acids is 1. The number of nitrogens with one attached hydrogen (secondary N) is 15. The highest BCUT2D eigenvalue weighted by atomic mass is 32.2. The number of likely N-dealkylation sites (N-methyl/N-ethyl adjacent to an activating group) is 1. The molecule has 15 amide bonds. The second-order valence-electron chi connectivity index (χ2n) is 31.8. The third-order valence-corrected chi connectivity index (χ3v) is 22.2. The van der Waals surface area contributed by atoms with E-state index in [1.54, 1.807) is 65.8 Å². The van der Waals surface area contributed by atoms with Gasteiger partial charge < -0.3 is 111 Å². The van der Waals surface area contributed by atoms with E-state index in [0.717, 1.165) is 32.7 Å². The summed E-state index contributed by atoms with van der Waals surface area (Å²) >= 11 is 0.824. The molecule has 41 nitrogen and oxygen atoms in total. The van der Waals surface area contributed by atoms with Crippen LogP contribution in [0.2, 0.25) is 0 Å². The Morgan fingerprint density at radius 2 is 1.00 bits per heavy atom. The van der Waals surface area contributed by atoms with Crippen molar-refractivity contribution >= 4 is 118 Å². The molecule has 0 unspecified atom stereocenters. The Kier molecular flexibility index (Phi) is 38.7. The van der Waals surface area contributed by atoms with Gasteiger partial charge in [-0.25, -0.2) is 0 Å². The summed E-state index contributed by atoms with van der Waals surface area (Å²) in [5.41, 5.74) is 19.3. The predicted molar refractivity (Wildman–Crippen MR) is 452 cm³/mol. The Bertz CT molecular complexity index is 4220. The quantitative estimate of drug-likeness (QED) is 0.0242. The van der Waals surface area contributed by atoms with Gasteiger partial charge in [-0.3, -0.25) is 97.4 Å². The highest BCUT2D eigenvalue weighted by Gasteiger charge is 2.44. The molecule has 123 heavy (non-hydrogen) atoms. The molecule has 3 aromatic rings. The number of aliphatic carboxylic acids is 1. The highest BCUT2D eigenvalue weighted by molar-refractivity contribution is 8.00. The van der Waals surface area contributed by atoms with Crippen molar-refractivity contribution in [1.29, 1.82) is 10.8 Å². The first kappa shape index (κ1) is 98.0. The molecule has 4 saturated heterocycles. The van der Waals surface area contributed by atoms with Crippen LogP contribution in [0.3, 0.4) is 0 Å². The number of primary amides is 1. The maximum absolute atomic E-state index is 15.3. The van der Waals surface area contributed by atoms with E-state index in [-0.39, 0.29) is 116 Å². The van der Waals surface area contributed by atoms with Gasteiger partial charge in [-0.1, -0.05) is 96.1 Å². The molecule has 4 aliphatic rings. The van der Waals surface area contributed by atoms with Crippen LogP contribution in [0, 0.1) is 28.6 Å². The first-order chi connectivity index (χ1) is 58.5. The Hall–Kier alpha value is -12.1. The van der Waals surface area contributed by atoms with Crippen LogP contribution in [-0.4, -0.2) is 299 Å². The van der Waals surface area contributed by atoms with E-state index >= 15 is 14.4 Å². The number of hydrogen-bond acceptors (Lipinski definition) is 22. The number of aromatic nitrogens is 1. The van der Waals surface area contributed by atoms with Crippen LogP contribution in [0.4, 0.5) is 0 Å². The van der Waals surface area contributed by atoms with Gasteiger partial charge in [0.15, 0.2) is 11.9 Å². The normalized spacial score (nSPS) is 24.6. The van der Waals surface area contributed by atoms with Crippen molar-refractivity contribution in [3.63, 3.8) is 0 Å². The zero-order valence-corrected chi connectivity index (χ0v) is 71.2. The van der Waals surface area contributed by atoms with Gasteiger partial charge in [0.25, 0.3) is 0 Å². The first-order valence-corrected chi connectivity index (χ1v) is 42.4. The van der Waals surface area contributed by atoms with Gasteiger partial charge >= 0.3 is 5.97 Å². The molecule has 7 rings (SSSR count). The number of rotatable bonds is 23. The van der Waals surface area contributed by atoms with Crippen molar-refractivity contribution in [2.24, 2.45) is 35.0 Å². The Morgan fingerprint density at radius 3 is 1.57 bits per heavy atom. The number of carbonyl (C=O) groups excluding carboxylic acids is 15. The van der Waals surface area contributed by atoms with Crippen LogP contribution in [-0.2, 0) is 94.3 Å². The number of benzene rings is 2. The van der Waals surface area contributed by atoms with Gasteiger partial charge in [0.2, 0.25) is 88.6 Å². The molecule has 22 N–H and O–H groups in total. The molecule has 672 valence electrons. The molecule has 4 aliphatic heterocycles. The molecule has 0 spiro atoms. The number of pyridine rings is 1. The average molecular weight is 1740 g/mol. The molecule has 0 radical (unpaired) electrons. The standard InChI is InChI=1S/C81H119N23O18S/c1-45(2)65-77(119)97-58(68(110)90-40-61(82)105)43-123-44-62(106)91-57(41-102-33-35-122-36-34-102)73(115)94-54(37-49-25-29-87-30-26-49)71(113)96-56(38-48-21-23-51(24-22-48)50-15-9-8-10-16-50)78(120)101(7)42-63(107)103-31-13-19-59(103)74(116)95-55(39-64(108)109)72(114)92-52(17-11-27-88-80(83)84)70(112)100-67(47(5)6)79(121)104-32-14-20-60(104)75(117)99-66(46(3)4)76(118)93-53(69(111)98-65)18-12-28-89-81(85)86/h8-10,15-16,21-26,29-30,45-47,52-60,65-67H,11-14,17-20,27-28,31-44H2,1-7H3,(H2,82,105)(H,90,110)(H,91,106)(H,92,114)(H,93,118)(H,94,115)(H,95,116)(H,96,113)(H,97,119)(H,98,111)(H,99,117)(H,100,112)(H,108,109)(H4,83,84,88)(H4,85,86,89)/t52-,53-,54-,55-,56-,57-,58-,59-,60-,65-,66-,67-/m0/s1. The molecule has 0 saturated carbocycles. The number of carboxylic acid groups (broad SMARTS) is 1. The number of morpholine rings is 1. The summed E-state index contributed by atoms with van der Waals surface area (Å²) in [6.07, 6.45) is 1.82. The monoisotopic (exact) mass is 1730 g/mol. The number of carbonyl (C=O) groups is 16. The molecule has 0 bridgehead atoms. The molecule has 2 aromatic carbocycles. The van der Waals surface area contributed by atoms with Crippen molar-refractivity contribution in [2.75, 3.05) is 90.7 Å². The molecule has 4 fully saturated rings. The smallest absolute Gasteiger partial charge is 0.305 e. The maximum Gasteiger partial charge on any atom is 0.305 e. The minimum atomic E-state index is -1.90. The van der Waals surface area contributed by atoms with Crippen LogP contribution in [0.1, 0.15) is 110 Å². The third kappa shape index (κ3) is 31.1. The number of fused-ring (bicyclic) bond motifs is 2. The lowest BCUT2D eigenvalue weighted by Gasteiger charge is -2.33. The predicted octanol–water partition coefficient (Wildman–Crippen LogP) is -4.53. The molecule has 12 atom stereocenters. The summed E-state index contributed by atoms with van der Waals surface area (Å²) < 4.78 is 5.59. The molecule has 0 aliphatic carbocycles. The molecule has 1 aromatic heterocycles. The first-order valence-electron chi connectivity index (χ1n) is 41.2. The fourth-order valence-corrected chi connectivity index (χ4v) is 15.3. The van der Waals surface area contributed by atoms with Crippen LogP contribution in [0.15, 0.2) is 79.1 Å². The summed E-state index contributed by atoms with van der Waals surface area (Å²) in [5, 5.41) is 60.1. The minimum Gasteiger partial charge on any atom is -0.481 e. The summed E-state index contributed by atoms with van der Waals surface area (Å²) in [6, 6.07) is 1.99. The zero-order valence-electron chi connectivity index (χ0n) is 70.4. The lowest BCUT2D eigenvalue weighted by Crippen LogP contribution is -2.62. The lowest BCUT2D eigenvalue weighted by molar-refractivity contribution is -0.145. The van der Waals surface area contributed by atoms with Crippen LogP contribution < -0.4 is 86.3 Å². The van der Waals surface area contributed by atoms with E-state index in [1.165, 1.54) is 24.3 Å². The zero-order chi connectivity index (χ0) is 90.1. The molecule has 42 heteroatoms. The van der Waals surface area contributed by atoms with E-state index in [2.05, 4.69) is 74.1 Å². The van der Waals surface area contributed by atoms with Gasteiger partial charge in [0.1, 0.15) is 72.5 Å². The number of guanidine groups is 2.